The molecule has 0 aliphatic rings. The zero-order chi connectivity index (χ0) is 15.3. The summed E-state index contributed by atoms with van der Waals surface area (Å²) < 4.78 is 4.72. The number of nitro groups is 1. The molecule has 7 nitrogen and oxygen atoms in total. The third-order valence-corrected chi connectivity index (χ3v) is 2.74. The quantitative estimate of drug-likeness (QED) is 0.470. The van der Waals surface area contributed by atoms with E-state index in [-0.39, 0.29) is 29.4 Å². The van der Waals surface area contributed by atoms with Crippen molar-refractivity contribution >= 4 is 29.2 Å². The summed E-state index contributed by atoms with van der Waals surface area (Å²) in [5.41, 5.74) is -0.282. The Balaban J connectivity index is 2.93. The molecule has 0 unspecified atom stereocenters. The third kappa shape index (κ3) is 3.92. The van der Waals surface area contributed by atoms with Crippen molar-refractivity contribution in [3.8, 4) is 0 Å². The molecule has 0 saturated heterocycles. The van der Waals surface area contributed by atoms with Crippen LogP contribution in [0.2, 0.25) is 5.02 Å². The molecule has 8 heteroatoms. The van der Waals surface area contributed by atoms with Crippen LogP contribution in [0.5, 0.6) is 0 Å². The Morgan fingerprint density at radius 1 is 1.45 bits per heavy atom. The lowest BCUT2D eigenvalue weighted by molar-refractivity contribution is -0.384. The summed E-state index contributed by atoms with van der Waals surface area (Å²) in [5, 5.41) is 10.8. The highest BCUT2D eigenvalue weighted by molar-refractivity contribution is 6.34. The number of non-ortho nitro benzene ring substituents is 1. The van der Waals surface area contributed by atoms with E-state index in [1.54, 1.807) is 6.92 Å². The summed E-state index contributed by atoms with van der Waals surface area (Å²) in [6, 6.07) is 3.54. The lowest BCUT2D eigenvalue weighted by Gasteiger charge is -2.16. The Kier molecular flexibility index (Phi) is 5.45. The summed E-state index contributed by atoms with van der Waals surface area (Å²) in [6.07, 6.45) is 0. The minimum atomic E-state index is -0.627. The second-order valence-electron chi connectivity index (χ2n) is 3.89. The van der Waals surface area contributed by atoms with Crippen LogP contribution in [-0.2, 0) is 9.53 Å². The molecule has 0 radical (unpaired) electrons. The number of halogens is 1. The van der Waals surface area contributed by atoms with Gasteiger partial charge in [0.1, 0.15) is 6.54 Å². The molecule has 1 amide bonds. The molecule has 0 bridgehead atoms. The number of nitrogens with zero attached hydrogens (tertiary/aromatic N) is 2. The van der Waals surface area contributed by atoms with Gasteiger partial charge in [-0.05, 0) is 13.0 Å². The van der Waals surface area contributed by atoms with Crippen molar-refractivity contribution in [2.75, 3.05) is 20.2 Å². The molecule has 0 atom stereocenters. The number of benzene rings is 1. The van der Waals surface area contributed by atoms with Crippen LogP contribution in [0, 0.1) is 10.1 Å². The van der Waals surface area contributed by atoms with Crippen LogP contribution < -0.4 is 0 Å². The topological polar surface area (TPSA) is 89.8 Å². The monoisotopic (exact) mass is 300 g/mol. The molecule has 0 aromatic heterocycles. The second kappa shape index (κ2) is 6.85. The Morgan fingerprint density at radius 3 is 2.65 bits per heavy atom. The van der Waals surface area contributed by atoms with Gasteiger partial charge in [0, 0.05) is 19.2 Å². The Morgan fingerprint density at radius 2 is 2.10 bits per heavy atom. The summed E-state index contributed by atoms with van der Waals surface area (Å²) in [4.78, 5) is 34.5. The van der Waals surface area contributed by atoms with Crippen molar-refractivity contribution in [3.63, 3.8) is 0 Å². The van der Waals surface area contributed by atoms with Crippen molar-refractivity contribution in [1.82, 2.24) is 4.90 Å². The Labute approximate surface area is 120 Å². The maximum absolute atomic E-state index is 12.1. The highest BCUT2D eigenvalue weighted by Crippen LogP contribution is 2.23. The number of nitro benzene ring substituents is 1. The van der Waals surface area contributed by atoms with Gasteiger partial charge in [0.25, 0.3) is 11.6 Å². The van der Waals surface area contributed by atoms with Crippen molar-refractivity contribution < 1.29 is 19.2 Å². The minimum absolute atomic E-state index is 0.0346. The highest BCUT2D eigenvalue weighted by Gasteiger charge is 2.20. The average Bonchev–Trinajstić information content (AvgIpc) is 2.38. The number of hydrogen-bond donors (Lipinski definition) is 0. The molecule has 0 aliphatic heterocycles. The fraction of sp³-hybridized carbons (Fsp3) is 0.333. The molecule has 108 valence electrons. The van der Waals surface area contributed by atoms with E-state index in [1.807, 2.05) is 0 Å². The minimum Gasteiger partial charge on any atom is -0.465 e. The Hall–Kier alpha value is -2.15. The highest BCUT2D eigenvalue weighted by atomic mass is 35.5. The number of hydrogen-bond acceptors (Lipinski definition) is 5. The molecule has 0 spiro atoms. The first-order valence-electron chi connectivity index (χ1n) is 5.71. The first-order valence-corrected chi connectivity index (χ1v) is 6.09. The van der Waals surface area contributed by atoms with Crippen molar-refractivity contribution in [1.29, 1.82) is 0 Å². The molecule has 1 rings (SSSR count). The van der Waals surface area contributed by atoms with E-state index >= 15 is 0 Å². The molecule has 0 heterocycles. The predicted octanol–water partition coefficient (Wildman–Crippen LogP) is 1.88. The van der Waals surface area contributed by atoms with Gasteiger partial charge in [0.15, 0.2) is 0 Å². The molecular weight excluding hydrogens is 288 g/mol. The van der Waals surface area contributed by atoms with Gasteiger partial charge in [0.05, 0.1) is 22.1 Å². The average molecular weight is 301 g/mol. The van der Waals surface area contributed by atoms with Gasteiger partial charge in [-0.1, -0.05) is 11.6 Å². The zero-order valence-electron chi connectivity index (χ0n) is 11.0. The van der Waals surface area contributed by atoms with E-state index in [0.29, 0.717) is 0 Å². The first kappa shape index (κ1) is 15.9. The SMILES string of the molecule is CCOC(=O)CN(C)C(=O)c1cc([N+](=O)[O-])ccc1Cl. The van der Waals surface area contributed by atoms with Gasteiger partial charge in [0.2, 0.25) is 0 Å². The van der Waals surface area contributed by atoms with Gasteiger partial charge >= 0.3 is 5.97 Å². The first-order chi connectivity index (χ1) is 9.36. The summed E-state index contributed by atoms with van der Waals surface area (Å²) in [5.74, 6) is -1.16. The van der Waals surface area contributed by atoms with Crippen LogP contribution in [0.25, 0.3) is 0 Å². The fourth-order valence-electron chi connectivity index (χ4n) is 1.47. The molecular formula is C12H13ClN2O5. The van der Waals surface area contributed by atoms with Gasteiger partial charge in [-0.15, -0.1) is 0 Å². The van der Waals surface area contributed by atoms with Crippen LogP contribution in [0.4, 0.5) is 5.69 Å². The van der Waals surface area contributed by atoms with E-state index in [2.05, 4.69) is 0 Å². The summed E-state index contributed by atoms with van der Waals surface area (Å²) in [7, 11) is 1.38. The van der Waals surface area contributed by atoms with E-state index < -0.39 is 16.8 Å². The zero-order valence-corrected chi connectivity index (χ0v) is 11.7. The molecule has 0 aliphatic carbocycles. The van der Waals surface area contributed by atoms with Gasteiger partial charge in [-0.3, -0.25) is 19.7 Å². The van der Waals surface area contributed by atoms with Gasteiger partial charge in [-0.25, -0.2) is 0 Å². The lowest BCUT2D eigenvalue weighted by atomic mass is 10.1. The molecule has 1 aromatic carbocycles. The standard InChI is InChI=1S/C12H13ClN2O5/c1-3-20-11(16)7-14(2)12(17)9-6-8(15(18)19)4-5-10(9)13/h4-6H,3,7H2,1-2H3. The van der Waals surface area contributed by atoms with Crippen LogP contribution in [0.1, 0.15) is 17.3 Å². The normalized spacial score (nSPS) is 9.95. The molecule has 1 aromatic rings. The van der Waals surface area contributed by atoms with Crippen molar-refractivity contribution in [2.45, 2.75) is 6.92 Å². The number of ether oxygens (including phenoxy) is 1. The van der Waals surface area contributed by atoms with Crippen molar-refractivity contribution in [2.24, 2.45) is 0 Å². The molecule has 20 heavy (non-hydrogen) atoms. The molecule has 0 N–H and O–H groups in total. The van der Waals surface area contributed by atoms with Crippen molar-refractivity contribution in [3.05, 3.63) is 38.9 Å². The van der Waals surface area contributed by atoms with E-state index in [1.165, 1.54) is 19.2 Å². The molecule has 0 fully saturated rings. The number of likely N-dealkylation sites (N-methyl/N-ethyl adjacent to an activating group) is 1. The molecule has 0 saturated carbocycles. The third-order valence-electron chi connectivity index (χ3n) is 2.41. The maximum atomic E-state index is 12.1. The van der Waals surface area contributed by atoms with Crippen LogP contribution in [-0.4, -0.2) is 41.9 Å². The smallest absolute Gasteiger partial charge is 0.325 e. The number of carbonyl (C=O) groups is 2. The van der Waals surface area contributed by atoms with Crippen LogP contribution in [0.15, 0.2) is 18.2 Å². The van der Waals surface area contributed by atoms with Crippen LogP contribution >= 0.6 is 11.6 Å². The van der Waals surface area contributed by atoms with E-state index in [9.17, 15) is 19.7 Å². The van der Waals surface area contributed by atoms with Crippen LogP contribution in [0.3, 0.4) is 0 Å². The Bertz CT molecular complexity index is 547. The summed E-state index contributed by atoms with van der Waals surface area (Å²) in [6.45, 7) is 1.60. The number of amides is 1. The van der Waals surface area contributed by atoms with E-state index in [4.69, 9.17) is 16.3 Å². The fourth-order valence-corrected chi connectivity index (χ4v) is 1.67. The van der Waals surface area contributed by atoms with Gasteiger partial charge < -0.3 is 9.64 Å². The lowest BCUT2D eigenvalue weighted by Crippen LogP contribution is -2.33. The number of carbonyl (C=O) groups excluding carboxylic acids is 2. The van der Waals surface area contributed by atoms with Gasteiger partial charge in [-0.2, -0.15) is 0 Å². The second-order valence-corrected chi connectivity index (χ2v) is 4.29. The maximum Gasteiger partial charge on any atom is 0.325 e. The summed E-state index contributed by atoms with van der Waals surface area (Å²) >= 11 is 5.85. The predicted molar refractivity (Wildman–Crippen MR) is 71.7 cm³/mol. The van der Waals surface area contributed by atoms with E-state index in [0.717, 1.165) is 11.0 Å². The largest absolute Gasteiger partial charge is 0.465 e. The number of esters is 1. The number of rotatable bonds is 5.